The molecule has 1 atom stereocenters. The first-order chi connectivity index (χ1) is 13.0. The van der Waals surface area contributed by atoms with Crippen LogP contribution in [0.5, 0.6) is 0 Å². The number of amides is 3. The maximum absolute atomic E-state index is 12.4. The van der Waals surface area contributed by atoms with Crippen molar-refractivity contribution in [2.75, 3.05) is 0 Å². The Kier molecular flexibility index (Phi) is 6.44. The predicted molar refractivity (Wildman–Crippen MR) is 103 cm³/mol. The third kappa shape index (κ3) is 5.06. The molecule has 9 heteroatoms. The number of hydrogen-bond donors (Lipinski definition) is 2. The fourth-order valence-corrected chi connectivity index (χ4v) is 3.90. The number of carbonyl (C=O) groups is 2. The van der Waals surface area contributed by atoms with Crippen molar-refractivity contribution < 1.29 is 9.59 Å². The van der Waals surface area contributed by atoms with Crippen molar-refractivity contribution in [1.29, 1.82) is 0 Å². The van der Waals surface area contributed by atoms with Gasteiger partial charge in [-0.05, 0) is 48.7 Å². The lowest BCUT2D eigenvalue weighted by molar-refractivity contribution is -0.119. The van der Waals surface area contributed by atoms with Gasteiger partial charge in [0.25, 0.3) is 0 Å². The molecule has 1 aliphatic carbocycles. The highest BCUT2D eigenvalue weighted by Crippen LogP contribution is 2.24. The maximum Gasteiger partial charge on any atom is 0.321 e. The number of imide groups is 1. The Morgan fingerprint density at radius 2 is 1.96 bits per heavy atom. The highest BCUT2D eigenvalue weighted by atomic mass is 32.2. The summed E-state index contributed by atoms with van der Waals surface area (Å²) >= 11 is 1.21. The number of aromatic nitrogens is 4. The standard InChI is InChI=1S/C18H24N6O2S/c1-12-8-6-7-11-15(12)24-18(21-22-23-24)27-13(2)16(25)20-17(26)19-14-9-4-3-5-10-14/h6-8,11,13-14H,3-5,9-10H2,1-2H3,(H2,19,20,25,26)/t13-/m0/s1. The molecule has 0 saturated heterocycles. The Labute approximate surface area is 162 Å². The van der Waals surface area contributed by atoms with E-state index in [1.54, 1.807) is 11.6 Å². The van der Waals surface area contributed by atoms with Crippen LogP contribution in [-0.4, -0.2) is 43.4 Å². The van der Waals surface area contributed by atoms with Gasteiger partial charge >= 0.3 is 6.03 Å². The molecule has 27 heavy (non-hydrogen) atoms. The lowest BCUT2D eigenvalue weighted by atomic mass is 9.96. The Balaban J connectivity index is 1.58. The van der Waals surface area contributed by atoms with Gasteiger partial charge in [0.2, 0.25) is 11.1 Å². The first kappa shape index (κ1) is 19.3. The van der Waals surface area contributed by atoms with E-state index in [4.69, 9.17) is 0 Å². The highest BCUT2D eigenvalue weighted by molar-refractivity contribution is 8.00. The summed E-state index contributed by atoms with van der Waals surface area (Å²) in [7, 11) is 0. The SMILES string of the molecule is Cc1ccccc1-n1nnnc1S[C@@H](C)C(=O)NC(=O)NC1CCCCC1. The van der Waals surface area contributed by atoms with Crippen molar-refractivity contribution in [1.82, 2.24) is 30.8 Å². The second-order valence-electron chi connectivity index (χ2n) is 6.72. The third-order valence-electron chi connectivity index (χ3n) is 4.61. The molecule has 0 unspecified atom stereocenters. The molecular weight excluding hydrogens is 364 g/mol. The Bertz CT molecular complexity index is 803. The molecule has 2 N–H and O–H groups in total. The monoisotopic (exact) mass is 388 g/mol. The van der Waals surface area contributed by atoms with E-state index in [9.17, 15) is 9.59 Å². The van der Waals surface area contributed by atoms with Crippen LogP contribution < -0.4 is 10.6 Å². The summed E-state index contributed by atoms with van der Waals surface area (Å²) in [6.07, 6.45) is 5.38. The minimum Gasteiger partial charge on any atom is -0.335 e. The van der Waals surface area contributed by atoms with Crippen molar-refractivity contribution in [2.24, 2.45) is 0 Å². The Hall–Kier alpha value is -2.42. The molecule has 1 aliphatic rings. The van der Waals surface area contributed by atoms with Gasteiger partial charge in [-0.2, -0.15) is 4.68 Å². The smallest absolute Gasteiger partial charge is 0.321 e. The summed E-state index contributed by atoms with van der Waals surface area (Å²) in [4.78, 5) is 24.4. The van der Waals surface area contributed by atoms with E-state index in [0.717, 1.165) is 36.9 Å². The number of hydrogen-bond acceptors (Lipinski definition) is 6. The molecule has 3 rings (SSSR count). The number of para-hydroxylation sites is 1. The molecule has 1 fully saturated rings. The topological polar surface area (TPSA) is 102 Å². The number of rotatable bonds is 5. The van der Waals surface area contributed by atoms with Crippen LogP contribution in [0.3, 0.4) is 0 Å². The Morgan fingerprint density at radius 3 is 2.70 bits per heavy atom. The molecule has 3 amide bonds. The van der Waals surface area contributed by atoms with Gasteiger partial charge in [0, 0.05) is 6.04 Å². The van der Waals surface area contributed by atoms with Gasteiger partial charge in [-0.1, -0.05) is 49.2 Å². The lowest BCUT2D eigenvalue weighted by Crippen LogP contribution is -2.47. The number of nitrogens with one attached hydrogen (secondary N) is 2. The van der Waals surface area contributed by atoms with Crippen molar-refractivity contribution >= 4 is 23.7 Å². The molecule has 1 aromatic heterocycles. The molecule has 1 heterocycles. The molecule has 0 spiro atoms. The summed E-state index contributed by atoms with van der Waals surface area (Å²) in [6.45, 7) is 3.70. The molecule has 8 nitrogen and oxygen atoms in total. The zero-order chi connectivity index (χ0) is 19.2. The zero-order valence-electron chi connectivity index (χ0n) is 15.5. The largest absolute Gasteiger partial charge is 0.335 e. The van der Waals surface area contributed by atoms with Gasteiger partial charge in [0.15, 0.2) is 0 Å². The van der Waals surface area contributed by atoms with E-state index in [0.29, 0.717) is 5.16 Å². The fraction of sp³-hybridized carbons (Fsp3) is 0.500. The van der Waals surface area contributed by atoms with Crippen molar-refractivity contribution in [3.8, 4) is 5.69 Å². The van der Waals surface area contributed by atoms with Crippen LogP contribution in [0.2, 0.25) is 0 Å². The van der Waals surface area contributed by atoms with E-state index in [1.165, 1.54) is 18.2 Å². The molecular formula is C18H24N6O2S. The minimum atomic E-state index is -0.518. The van der Waals surface area contributed by atoms with Gasteiger partial charge in [-0.3, -0.25) is 10.1 Å². The molecule has 0 aliphatic heterocycles. The number of tetrazole rings is 1. The van der Waals surface area contributed by atoms with Gasteiger partial charge < -0.3 is 5.32 Å². The number of carbonyl (C=O) groups excluding carboxylic acids is 2. The normalized spacial score (nSPS) is 15.9. The van der Waals surface area contributed by atoms with E-state index < -0.39 is 11.3 Å². The van der Waals surface area contributed by atoms with Gasteiger partial charge in [0.1, 0.15) is 0 Å². The van der Waals surface area contributed by atoms with E-state index >= 15 is 0 Å². The fourth-order valence-electron chi connectivity index (χ4n) is 3.10. The number of aryl methyl sites for hydroxylation is 1. The number of thioether (sulfide) groups is 1. The van der Waals surface area contributed by atoms with Crippen LogP contribution in [0.4, 0.5) is 4.79 Å². The van der Waals surface area contributed by atoms with Crippen molar-refractivity contribution in [3.05, 3.63) is 29.8 Å². The summed E-state index contributed by atoms with van der Waals surface area (Å²) < 4.78 is 1.60. The highest BCUT2D eigenvalue weighted by Gasteiger charge is 2.23. The van der Waals surface area contributed by atoms with Crippen LogP contribution in [-0.2, 0) is 4.79 Å². The van der Waals surface area contributed by atoms with Gasteiger partial charge in [-0.25, -0.2) is 4.79 Å². The third-order valence-corrected chi connectivity index (χ3v) is 5.65. The van der Waals surface area contributed by atoms with Crippen LogP contribution in [0.25, 0.3) is 5.69 Å². The average Bonchev–Trinajstić information content (AvgIpc) is 3.10. The van der Waals surface area contributed by atoms with E-state index in [-0.39, 0.29) is 11.9 Å². The lowest BCUT2D eigenvalue weighted by Gasteiger charge is -2.23. The molecule has 1 aromatic carbocycles. The van der Waals surface area contributed by atoms with Gasteiger partial charge in [-0.15, -0.1) is 5.10 Å². The van der Waals surface area contributed by atoms with Crippen LogP contribution in [0.1, 0.15) is 44.6 Å². The minimum absolute atomic E-state index is 0.155. The van der Waals surface area contributed by atoms with Crippen molar-refractivity contribution in [2.45, 2.75) is 62.4 Å². The van der Waals surface area contributed by atoms with Crippen LogP contribution in [0, 0.1) is 6.92 Å². The van der Waals surface area contributed by atoms with Gasteiger partial charge in [0.05, 0.1) is 10.9 Å². The first-order valence-corrected chi connectivity index (χ1v) is 10.0. The van der Waals surface area contributed by atoms with Crippen LogP contribution in [0.15, 0.2) is 29.4 Å². The van der Waals surface area contributed by atoms with E-state index in [2.05, 4.69) is 26.2 Å². The van der Waals surface area contributed by atoms with Crippen LogP contribution >= 0.6 is 11.8 Å². The number of benzene rings is 1. The first-order valence-electron chi connectivity index (χ1n) is 9.17. The zero-order valence-corrected chi connectivity index (χ0v) is 16.3. The summed E-state index contributed by atoms with van der Waals surface area (Å²) in [5.74, 6) is -0.368. The second-order valence-corrected chi connectivity index (χ2v) is 8.03. The van der Waals surface area contributed by atoms with Crippen molar-refractivity contribution in [3.63, 3.8) is 0 Å². The number of nitrogens with zero attached hydrogens (tertiary/aromatic N) is 4. The summed E-state index contributed by atoms with van der Waals surface area (Å²) in [6, 6.07) is 7.46. The second kappa shape index (κ2) is 8.98. The quantitative estimate of drug-likeness (QED) is 0.764. The molecule has 144 valence electrons. The predicted octanol–water partition coefficient (Wildman–Crippen LogP) is 2.61. The maximum atomic E-state index is 12.4. The summed E-state index contributed by atoms with van der Waals surface area (Å²) in [5.41, 5.74) is 1.88. The molecule has 0 radical (unpaired) electrons. The summed E-state index contributed by atoms with van der Waals surface area (Å²) in [5, 5.41) is 17.0. The Morgan fingerprint density at radius 1 is 1.22 bits per heavy atom. The molecule has 2 aromatic rings. The average molecular weight is 388 g/mol. The van der Waals surface area contributed by atoms with E-state index in [1.807, 2.05) is 31.2 Å². The molecule has 1 saturated carbocycles. The number of urea groups is 1. The molecule has 0 bridgehead atoms.